The third-order valence-electron chi connectivity index (χ3n) is 3.63. The molecule has 0 aliphatic heterocycles. The summed E-state index contributed by atoms with van der Waals surface area (Å²) in [6.07, 6.45) is 6.77. The molecular formula is C12H25ClN2O2S. The molecule has 0 aromatic carbocycles. The Morgan fingerprint density at radius 1 is 1.11 bits per heavy atom. The molecule has 0 unspecified atom stereocenters. The zero-order valence-electron chi connectivity index (χ0n) is 11.4. The largest absolute Gasteiger partial charge is 0.281 e. The molecule has 0 aromatic heterocycles. The lowest BCUT2D eigenvalue weighted by Gasteiger charge is -2.29. The second-order valence-corrected chi connectivity index (χ2v) is 7.68. The van der Waals surface area contributed by atoms with Crippen LogP contribution in [0.5, 0.6) is 0 Å². The van der Waals surface area contributed by atoms with Crippen LogP contribution in [0.3, 0.4) is 0 Å². The Kier molecular flexibility index (Phi) is 6.92. The van der Waals surface area contributed by atoms with Crippen LogP contribution < -0.4 is 0 Å². The van der Waals surface area contributed by atoms with Crippen molar-refractivity contribution in [2.75, 3.05) is 33.1 Å². The summed E-state index contributed by atoms with van der Waals surface area (Å²) in [5.74, 6) is 1.02. The molecular weight excluding hydrogens is 272 g/mol. The second-order valence-electron chi connectivity index (χ2n) is 5.16. The van der Waals surface area contributed by atoms with Crippen LogP contribution in [0.4, 0.5) is 0 Å². The molecule has 1 fully saturated rings. The van der Waals surface area contributed by atoms with E-state index >= 15 is 0 Å². The number of halogens is 1. The zero-order valence-corrected chi connectivity index (χ0v) is 13.0. The summed E-state index contributed by atoms with van der Waals surface area (Å²) in [7, 11) is 0.00336. The van der Waals surface area contributed by atoms with Crippen molar-refractivity contribution in [3.05, 3.63) is 0 Å². The average molecular weight is 297 g/mol. The number of rotatable bonds is 7. The minimum Gasteiger partial charge on any atom is -0.195 e. The van der Waals surface area contributed by atoms with Crippen molar-refractivity contribution in [1.29, 1.82) is 0 Å². The first-order chi connectivity index (χ1) is 8.48. The van der Waals surface area contributed by atoms with Crippen molar-refractivity contribution < 1.29 is 8.42 Å². The van der Waals surface area contributed by atoms with Gasteiger partial charge in [0.25, 0.3) is 10.2 Å². The first kappa shape index (κ1) is 16.2. The molecule has 0 spiro atoms. The predicted molar refractivity (Wildman–Crippen MR) is 76.1 cm³/mol. The molecule has 0 saturated heterocycles. The van der Waals surface area contributed by atoms with Crippen molar-refractivity contribution in [3.8, 4) is 0 Å². The van der Waals surface area contributed by atoms with Gasteiger partial charge in [-0.1, -0.05) is 19.3 Å². The van der Waals surface area contributed by atoms with Crippen molar-refractivity contribution in [3.63, 3.8) is 0 Å². The normalized spacial score (nSPS) is 18.7. The molecule has 1 aliphatic carbocycles. The summed E-state index contributed by atoms with van der Waals surface area (Å²) in [4.78, 5) is 0. The van der Waals surface area contributed by atoms with E-state index in [1.54, 1.807) is 14.1 Å². The van der Waals surface area contributed by atoms with Crippen LogP contribution in [-0.2, 0) is 10.2 Å². The van der Waals surface area contributed by atoms with Gasteiger partial charge in [-0.2, -0.15) is 17.0 Å². The van der Waals surface area contributed by atoms with Crippen LogP contribution in [0.1, 0.15) is 38.5 Å². The van der Waals surface area contributed by atoms with E-state index in [0.29, 0.717) is 31.3 Å². The highest BCUT2D eigenvalue weighted by Gasteiger charge is 2.26. The van der Waals surface area contributed by atoms with E-state index in [2.05, 4.69) is 0 Å². The van der Waals surface area contributed by atoms with Gasteiger partial charge in [-0.3, -0.25) is 0 Å². The van der Waals surface area contributed by atoms with Gasteiger partial charge in [0.2, 0.25) is 0 Å². The third-order valence-corrected chi connectivity index (χ3v) is 5.81. The van der Waals surface area contributed by atoms with Gasteiger partial charge in [0.1, 0.15) is 0 Å². The standard InChI is InChI=1S/C12H25ClN2O2S/c1-14(10-6-9-13)18(16,17)15(2)11-12-7-4-3-5-8-12/h12H,3-11H2,1-2H3. The highest BCUT2D eigenvalue weighted by Crippen LogP contribution is 2.25. The molecule has 18 heavy (non-hydrogen) atoms. The molecule has 0 atom stereocenters. The molecule has 0 bridgehead atoms. The number of alkyl halides is 1. The van der Waals surface area contributed by atoms with Gasteiger partial charge in [0, 0.05) is 33.1 Å². The van der Waals surface area contributed by atoms with Gasteiger partial charge in [0.05, 0.1) is 0 Å². The molecule has 0 heterocycles. The summed E-state index contributed by atoms with van der Waals surface area (Å²) in [6.45, 7) is 1.13. The third kappa shape index (κ3) is 4.68. The fraction of sp³-hybridized carbons (Fsp3) is 1.00. The van der Waals surface area contributed by atoms with E-state index in [-0.39, 0.29) is 0 Å². The predicted octanol–water partition coefficient (Wildman–Crippen LogP) is 2.30. The summed E-state index contributed by atoms with van der Waals surface area (Å²) in [5.41, 5.74) is 0. The first-order valence-corrected chi connectivity index (χ1v) is 8.65. The van der Waals surface area contributed by atoms with E-state index < -0.39 is 10.2 Å². The van der Waals surface area contributed by atoms with Crippen LogP contribution in [0.15, 0.2) is 0 Å². The van der Waals surface area contributed by atoms with E-state index in [1.807, 2.05) is 0 Å². The van der Waals surface area contributed by atoms with E-state index in [0.717, 1.165) is 12.8 Å². The fourth-order valence-electron chi connectivity index (χ4n) is 2.46. The Balaban J connectivity index is 2.49. The minimum atomic E-state index is -3.30. The Bertz CT molecular complexity index is 329. The van der Waals surface area contributed by atoms with Crippen LogP contribution >= 0.6 is 11.6 Å². The second kappa shape index (κ2) is 7.68. The van der Waals surface area contributed by atoms with Crippen molar-refractivity contribution in [1.82, 2.24) is 8.61 Å². The summed E-state index contributed by atoms with van der Waals surface area (Å²) < 4.78 is 27.3. The molecule has 0 amide bonds. The maximum atomic E-state index is 12.2. The lowest BCUT2D eigenvalue weighted by Crippen LogP contribution is -2.42. The molecule has 1 saturated carbocycles. The maximum Gasteiger partial charge on any atom is 0.281 e. The minimum absolute atomic E-state index is 0.487. The monoisotopic (exact) mass is 296 g/mol. The van der Waals surface area contributed by atoms with Crippen molar-refractivity contribution >= 4 is 21.8 Å². The topological polar surface area (TPSA) is 40.6 Å². The van der Waals surface area contributed by atoms with Gasteiger partial charge in [-0.05, 0) is 25.2 Å². The van der Waals surface area contributed by atoms with E-state index in [1.165, 1.54) is 27.9 Å². The summed E-state index contributed by atoms with van der Waals surface area (Å²) in [6, 6.07) is 0. The molecule has 4 nitrogen and oxygen atoms in total. The van der Waals surface area contributed by atoms with E-state index in [9.17, 15) is 8.42 Å². The van der Waals surface area contributed by atoms with Crippen molar-refractivity contribution in [2.24, 2.45) is 5.92 Å². The van der Waals surface area contributed by atoms with Gasteiger partial charge < -0.3 is 0 Å². The quantitative estimate of drug-likeness (QED) is 0.677. The molecule has 0 aromatic rings. The molecule has 1 rings (SSSR count). The van der Waals surface area contributed by atoms with Gasteiger partial charge in [-0.25, -0.2) is 0 Å². The van der Waals surface area contributed by atoms with Crippen LogP contribution in [0, 0.1) is 5.92 Å². The highest BCUT2D eigenvalue weighted by molar-refractivity contribution is 7.86. The summed E-state index contributed by atoms with van der Waals surface area (Å²) >= 11 is 5.60. The molecule has 1 aliphatic rings. The van der Waals surface area contributed by atoms with Crippen LogP contribution in [-0.4, -0.2) is 50.1 Å². The Morgan fingerprint density at radius 3 is 2.28 bits per heavy atom. The molecule has 0 N–H and O–H groups in total. The van der Waals surface area contributed by atoms with Crippen LogP contribution in [0.2, 0.25) is 0 Å². The molecule has 6 heteroatoms. The van der Waals surface area contributed by atoms with Gasteiger partial charge in [-0.15, -0.1) is 11.6 Å². The smallest absolute Gasteiger partial charge is 0.195 e. The van der Waals surface area contributed by atoms with Gasteiger partial charge >= 0.3 is 0 Å². The molecule has 108 valence electrons. The SMILES string of the molecule is CN(CCCCl)S(=O)(=O)N(C)CC1CCCCC1. The Morgan fingerprint density at radius 2 is 1.72 bits per heavy atom. The summed E-state index contributed by atoms with van der Waals surface area (Å²) in [5, 5.41) is 0. The number of nitrogens with zero attached hydrogens (tertiary/aromatic N) is 2. The Hall–Kier alpha value is 0.160. The fourth-order valence-corrected chi connectivity index (χ4v) is 3.82. The van der Waals surface area contributed by atoms with Crippen molar-refractivity contribution in [2.45, 2.75) is 38.5 Å². The molecule has 0 radical (unpaired) electrons. The number of hydrogen-bond acceptors (Lipinski definition) is 2. The van der Waals surface area contributed by atoms with E-state index in [4.69, 9.17) is 11.6 Å². The maximum absolute atomic E-state index is 12.2. The Labute approximate surface area is 116 Å². The zero-order chi connectivity index (χ0) is 13.6. The van der Waals surface area contributed by atoms with Crippen LogP contribution in [0.25, 0.3) is 0 Å². The van der Waals surface area contributed by atoms with Gasteiger partial charge in [0.15, 0.2) is 0 Å². The lowest BCUT2D eigenvalue weighted by atomic mass is 9.89. The lowest BCUT2D eigenvalue weighted by molar-refractivity contribution is 0.288. The average Bonchev–Trinajstić information content (AvgIpc) is 2.36. The first-order valence-electron chi connectivity index (χ1n) is 6.72. The number of hydrogen-bond donors (Lipinski definition) is 0. The highest BCUT2D eigenvalue weighted by atomic mass is 35.5.